The second-order valence-electron chi connectivity index (χ2n) is 4.84. The highest BCUT2D eigenvalue weighted by molar-refractivity contribution is 7.98. The molecule has 0 spiro atoms. The van der Waals surface area contributed by atoms with Crippen LogP contribution in [-0.2, 0) is 9.53 Å². The van der Waals surface area contributed by atoms with E-state index in [2.05, 4.69) is 0 Å². The number of hydrogen-bond donors (Lipinski definition) is 0. The van der Waals surface area contributed by atoms with Gasteiger partial charge in [-0.3, -0.25) is 4.79 Å². The summed E-state index contributed by atoms with van der Waals surface area (Å²) in [6.07, 6.45) is 2.26. The Morgan fingerprint density at radius 3 is 2.56 bits per heavy atom. The fourth-order valence-corrected chi connectivity index (χ4v) is 1.92. The molecule has 0 heterocycles. The molecule has 0 radical (unpaired) electrons. The van der Waals surface area contributed by atoms with Crippen LogP contribution in [0, 0.1) is 0 Å². The summed E-state index contributed by atoms with van der Waals surface area (Å²) in [5.41, 5.74) is -0.436. The van der Waals surface area contributed by atoms with Gasteiger partial charge in [-0.15, -0.1) is 11.8 Å². The molecule has 0 N–H and O–H groups in total. The maximum atomic E-state index is 11.5. The van der Waals surface area contributed by atoms with Gasteiger partial charge in [0, 0.05) is 4.90 Å². The highest BCUT2D eigenvalue weighted by Gasteiger charge is 2.16. The second-order valence-corrected chi connectivity index (χ2v) is 5.68. The number of carbonyl (C=O) groups excluding carboxylic acids is 1. The van der Waals surface area contributed by atoms with Crippen molar-refractivity contribution >= 4 is 17.7 Å². The standard InChI is InChI=1S/C14H20O3S/c1-14(2,3)17-13(15)9-10-16-11-7-5-6-8-12(11)18-4/h5-8H,9-10H2,1-4H3. The van der Waals surface area contributed by atoms with E-state index < -0.39 is 5.60 Å². The van der Waals surface area contributed by atoms with Gasteiger partial charge in [-0.2, -0.15) is 0 Å². The fourth-order valence-electron chi connectivity index (χ4n) is 1.37. The SMILES string of the molecule is CSc1ccccc1OCCC(=O)OC(C)(C)C. The van der Waals surface area contributed by atoms with Crippen molar-refractivity contribution in [2.24, 2.45) is 0 Å². The average Bonchev–Trinajstić information content (AvgIpc) is 2.27. The molecular weight excluding hydrogens is 248 g/mol. The topological polar surface area (TPSA) is 35.5 Å². The summed E-state index contributed by atoms with van der Waals surface area (Å²) in [4.78, 5) is 12.6. The molecule has 0 aromatic heterocycles. The number of esters is 1. The summed E-state index contributed by atoms with van der Waals surface area (Å²) in [7, 11) is 0. The largest absolute Gasteiger partial charge is 0.492 e. The van der Waals surface area contributed by atoms with E-state index in [0.717, 1.165) is 10.6 Å². The Kier molecular flexibility index (Phi) is 5.54. The number of benzene rings is 1. The Balaban J connectivity index is 2.40. The summed E-state index contributed by atoms with van der Waals surface area (Å²) in [5, 5.41) is 0. The lowest BCUT2D eigenvalue weighted by molar-refractivity contribution is -0.155. The first-order valence-corrected chi connectivity index (χ1v) is 7.12. The third-order valence-electron chi connectivity index (χ3n) is 2.05. The molecule has 100 valence electrons. The molecule has 1 aromatic rings. The highest BCUT2D eigenvalue weighted by Crippen LogP contribution is 2.26. The van der Waals surface area contributed by atoms with E-state index in [-0.39, 0.29) is 12.4 Å². The van der Waals surface area contributed by atoms with Gasteiger partial charge in [0.05, 0.1) is 13.0 Å². The number of thioether (sulfide) groups is 1. The monoisotopic (exact) mass is 268 g/mol. The van der Waals surface area contributed by atoms with Crippen molar-refractivity contribution in [3.8, 4) is 5.75 Å². The van der Waals surface area contributed by atoms with Crippen LogP contribution in [0.3, 0.4) is 0 Å². The third-order valence-corrected chi connectivity index (χ3v) is 2.83. The van der Waals surface area contributed by atoms with E-state index in [4.69, 9.17) is 9.47 Å². The molecule has 0 fully saturated rings. The lowest BCUT2D eigenvalue weighted by Gasteiger charge is -2.19. The molecule has 0 saturated heterocycles. The number of carbonyl (C=O) groups is 1. The first kappa shape index (κ1) is 14.9. The van der Waals surface area contributed by atoms with Crippen LogP contribution >= 0.6 is 11.8 Å². The molecule has 1 rings (SSSR count). The Labute approximate surface area is 113 Å². The Bertz CT molecular complexity index is 396. The van der Waals surface area contributed by atoms with E-state index >= 15 is 0 Å². The molecule has 0 aliphatic carbocycles. The molecule has 0 aliphatic heterocycles. The minimum Gasteiger partial charge on any atom is -0.492 e. The molecule has 0 bridgehead atoms. The minimum absolute atomic E-state index is 0.232. The zero-order chi connectivity index (χ0) is 13.6. The second kappa shape index (κ2) is 6.69. The van der Waals surface area contributed by atoms with Gasteiger partial charge in [0.15, 0.2) is 0 Å². The molecule has 18 heavy (non-hydrogen) atoms. The van der Waals surface area contributed by atoms with E-state index in [1.165, 1.54) is 0 Å². The van der Waals surface area contributed by atoms with Gasteiger partial charge in [0.1, 0.15) is 11.4 Å². The number of ether oxygens (including phenoxy) is 2. The van der Waals surface area contributed by atoms with Gasteiger partial charge in [0.2, 0.25) is 0 Å². The lowest BCUT2D eigenvalue weighted by atomic mass is 10.2. The van der Waals surface area contributed by atoms with Crippen molar-refractivity contribution in [3.63, 3.8) is 0 Å². The van der Waals surface area contributed by atoms with Crippen LogP contribution in [0.25, 0.3) is 0 Å². The van der Waals surface area contributed by atoms with Crippen molar-refractivity contribution in [1.29, 1.82) is 0 Å². The van der Waals surface area contributed by atoms with E-state index in [1.54, 1.807) is 11.8 Å². The van der Waals surface area contributed by atoms with Crippen LogP contribution in [0.2, 0.25) is 0 Å². The molecule has 0 aliphatic rings. The summed E-state index contributed by atoms with van der Waals surface area (Å²) in [6, 6.07) is 7.78. The van der Waals surface area contributed by atoms with Crippen LogP contribution < -0.4 is 4.74 Å². The molecule has 0 atom stereocenters. The number of para-hydroxylation sites is 1. The zero-order valence-corrected chi connectivity index (χ0v) is 12.2. The molecule has 0 amide bonds. The van der Waals surface area contributed by atoms with Gasteiger partial charge in [0.25, 0.3) is 0 Å². The quantitative estimate of drug-likeness (QED) is 0.604. The smallest absolute Gasteiger partial charge is 0.309 e. The van der Waals surface area contributed by atoms with Crippen LogP contribution in [0.1, 0.15) is 27.2 Å². The van der Waals surface area contributed by atoms with Crippen LogP contribution in [0.15, 0.2) is 29.2 Å². The van der Waals surface area contributed by atoms with Crippen molar-refractivity contribution in [2.45, 2.75) is 37.7 Å². The summed E-state index contributed by atoms with van der Waals surface area (Å²) in [5.74, 6) is 0.581. The van der Waals surface area contributed by atoms with Crippen molar-refractivity contribution in [3.05, 3.63) is 24.3 Å². The van der Waals surface area contributed by atoms with Crippen molar-refractivity contribution in [2.75, 3.05) is 12.9 Å². The highest BCUT2D eigenvalue weighted by atomic mass is 32.2. The minimum atomic E-state index is -0.436. The molecule has 0 saturated carbocycles. The lowest BCUT2D eigenvalue weighted by Crippen LogP contribution is -2.24. The normalized spacial score (nSPS) is 11.1. The maximum absolute atomic E-state index is 11.5. The predicted molar refractivity (Wildman–Crippen MR) is 74.2 cm³/mol. The summed E-state index contributed by atoms with van der Waals surface area (Å²) in [6.45, 7) is 5.91. The van der Waals surface area contributed by atoms with Gasteiger partial charge >= 0.3 is 5.97 Å². The maximum Gasteiger partial charge on any atom is 0.309 e. The molecule has 1 aromatic carbocycles. The van der Waals surface area contributed by atoms with E-state index in [1.807, 2.05) is 51.3 Å². The van der Waals surface area contributed by atoms with Gasteiger partial charge in [-0.25, -0.2) is 0 Å². The molecule has 4 heteroatoms. The van der Waals surface area contributed by atoms with Crippen molar-refractivity contribution < 1.29 is 14.3 Å². The predicted octanol–water partition coefficient (Wildman–Crippen LogP) is 3.52. The fraction of sp³-hybridized carbons (Fsp3) is 0.500. The van der Waals surface area contributed by atoms with Crippen LogP contribution in [0.4, 0.5) is 0 Å². The van der Waals surface area contributed by atoms with E-state index in [0.29, 0.717) is 6.61 Å². The average molecular weight is 268 g/mol. The van der Waals surface area contributed by atoms with Crippen LogP contribution in [-0.4, -0.2) is 24.4 Å². The van der Waals surface area contributed by atoms with Gasteiger partial charge in [-0.1, -0.05) is 12.1 Å². The molecule has 0 unspecified atom stereocenters. The Morgan fingerprint density at radius 2 is 1.94 bits per heavy atom. The number of rotatable bonds is 5. The van der Waals surface area contributed by atoms with Gasteiger partial charge in [-0.05, 0) is 39.2 Å². The van der Waals surface area contributed by atoms with E-state index in [9.17, 15) is 4.79 Å². The Morgan fingerprint density at radius 1 is 1.28 bits per heavy atom. The summed E-state index contributed by atoms with van der Waals surface area (Å²) < 4.78 is 10.8. The summed E-state index contributed by atoms with van der Waals surface area (Å²) >= 11 is 1.62. The van der Waals surface area contributed by atoms with Crippen LogP contribution in [0.5, 0.6) is 5.75 Å². The molecule has 3 nitrogen and oxygen atoms in total. The first-order valence-electron chi connectivity index (χ1n) is 5.90. The zero-order valence-electron chi connectivity index (χ0n) is 11.4. The third kappa shape index (κ3) is 5.45. The Hall–Kier alpha value is -1.16. The first-order chi connectivity index (χ1) is 8.42. The molecular formula is C14H20O3S. The number of hydrogen-bond acceptors (Lipinski definition) is 4. The van der Waals surface area contributed by atoms with Gasteiger partial charge < -0.3 is 9.47 Å². The van der Waals surface area contributed by atoms with Crippen molar-refractivity contribution in [1.82, 2.24) is 0 Å².